The average molecular weight is 287 g/mol. The van der Waals surface area contributed by atoms with Crippen molar-refractivity contribution in [2.45, 2.75) is 6.04 Å². The molecule has 1 unspecified atom stereocenters. The summed E-state index contributed by atoms with van der Waals surface area (Å²) < 4.78 is 40.0. The van der Waals surface area contributed by atoms with E-state index in [1.54, 1.807) is 6.07 Å². The molecule has 0 saturated carbocycles. The van der Waals surface area contributed by atoms with Gasteiger partial charge in [-0.3, -0.25) is 5.84 Å². The van der Waals surface area contributed by atoms with Gasteiger partial charge in [-0.1, -0.05) is 29.8 Å². The summed E-state index contributed by atoms with van der Waals surface area (Å²) in [7, 11) is 0. The third-order valence-corrected chi connectivity index (χ3v) is 3.03. The standard InChI is InChI=1S/C13H10ClF3N2/c14-9-3-1-2-8(12(9)17)13(19-18)7-4-5-10(15)11(16)6-7/h1-6,13,19H,18H2. The Morgan fingerprint density at radius 1 is 1.05 bits per heavy atom. The zero-order valence-electron chi connectivity index (χ0n) is 9.63. The highest BCUT2D eigenvalue weighted by Crippen LogP contribution is 2.28. The Balaban J connectivity index is 2.50. The smallest absolute Gasteiger partial charge is 0.159 e. The lowest BCUT2D eigenvalue weighted by molar-refractivity contribution is 0.502. The maximum absolute atomic E-state index is 13.9. The number of nitrogens with one attached hydrogen (secondary N) is 1. The lowest BCUT2D eigenvalue weighted by atomic mass is 9.98. The van der Waals surface area contributed by atoms with Gasteiger partial charge in [0.25, 0.3) is 0 Å². The third kappa shape index (κ3) is 2.73. The van der Waals surface area contributed by atoms with Gasteiger partial charge in [-0.2, -0.15) is 0 Å². The Bertz CT molecular complexity index is 604. The lowest BCUT2D eigenvalue weighted by Crippen LogP contribution is -2.29. The van der Waals surface area contributed by atoms with Crippen molar-refractivity contribution >= 4 is 11.6 Å². The Kier molecular flexibility index (Phi) is 4.09. The van der Waals surface area contributed by atoms with Gasteiger partial charge in [0.05, 0.1) is 11.1 Å². The van der Waals surface area contributed by atoms with Gasteiger partial charge in [0.1, 0.15) is 5.82 Å². The Morgan fingerprint density at radius 3 is 2.42 bits per heavy atom. The molecule has 0 aliphatic carbocycles. The van der Waals surface area contributed by atoms with Gasteiger partial charge in [-0.15, -0.1) is 0 Å². The van der Waals surface area contributed by atoms with Crippen molar-refractivity contribution in [3.8, 4) is 0 Å². The van der Waals surface area contributed by atoms with Crippen LogP contribution in [0.5, 0.6) is 0 Å². The normalized spacial score (nSPS) is 12.5. The molecular weight excluding hydrogens is 277 g/mol. The summed E-state index contributed by atoms with van der Waals surface area (Å²) in [6, 6.07) is 6.81. The van der Waals surface area contributed by atoms with Crippen LogP contribution < -0.4 is 11.3 Å². The zero-order chi connectivity index (χ0) is 14.0. The molecule has 2 aromatic carbocycles. The van der Waals surface area contributed by atoms with Gasteiger partial charge < -0.3 is 0 Å². The quantitative estimate of drug-likeness (QED) is 0.671. The van der Waals surface area contributed by atoms with Crippen molar-refractivity contribution < 1.29 is 13.2 Å². The molecule has 0 aliphatic heterocycles. The van der Waals surface area contributed by atoms with E-state index in [4.69, 9.17) is 17.4 Å². The molecule has 0 saturated heterocycles. The highest BCUT2D eigenvalue weighted by molar-refractivity contribution is 6.30. The highest BCUT2D eigenvalue weighted by Gasteiger charge is 2.19. The van der Waals surface area contributed by atoms with Crippen molar-refractivity contribution in [1.29, 1.82) is 0 Å². The summed E-state index contributed by atoms with van der Waals surface area (Å²) in [6.07, 6.45) is 0. The molecule has 100 valence electrons. The minimum absolute atomic E-state index is 0.0691. The van der Waals surface area contributed by atoms with E-state index >= 15 is 0 Å². The summed E-state index contributed by atoms with van der Waals surface area (Å²) in [4.78, 5) is 0. The van der Waals surface area contributed by atoms with E-state index in [0.29, 0.717) is 5.56 Å². The number of halogens is 4. The number of rotatable bonds is 3. The van der Waals surface area contributed by atoms with Crippen LogP contribution in [0.1, 0.15) is 17.2 Å². The summed E-state index contributed by atoms with van der Waals surface area (Å²) >= 11 is 5.68. The van der Waals surface area contributed by atoms with E-state index in [1.807, 2.05) is 0 Å². The number of hydrazine groups is 1. The SMILES string of the molecule is NNC(c1ccc(F)c(F)c1)c1cccc(Cl)c1F. The fourth-order valence-corrected chi connectivity index (χ4v) is 1.98. The van der Waals surface area contributed by atoms with Gasteiger partial charge in [0.2, 0.25) is 0 Å². The van der Waals surface area contributed by atoms with Crippen molar-refractivity contribution in [2.24, 2.45) is 5.84 Å². The molecule has 6 heteroatoms. The molecule has 2 nitrogen and oxygen atoms in total. The van der Waals surface area contributed by atoms with Crippen molar-refractivity contribution in [3.05, 3.63) is 70.0 Å². The van der Waals surface area contributed by atoms with E-state index in [1.165, 1.54) is 18.2 Å². The minimum atomic E-state index is -1.03. The summed E-state index contributed by atoms with van der Waals surface area (Å²) in [5.74, 6) is 2.70. The molecule has 0 bridgehead atoms. The third-order valence-electron chi connectivity index (χ3n) is 2.74. The van der Waals surface area contributed by atoms with E-state index in [9.17, 15) is 13.2 Å². The molecule has 1 atom stereocenters. The molecule has 0 heterocycles. The minimum Gasteiger partial charge on any atom is -0.271 e. The molecular formula is C13H10ClF3N2. The van der Waals surface area contributed by atoms with Crippen LogP contribution in [0.4, 0.5) is 13.2 Å². The largest absolute Gasteiger partial charge is 0.271 e. The van der Waals surface area contributed by atoms with Gasteiger partial charge in [-0.05, 0) is 23.8 Å². The molecule has 2 rings (SSSR count). The zero-order valence-corrected chi connectivity index (χ0v) is 10.4. The summed E-state index contributed by atoms with van der Waals surface area (Å²) in [5.41, 5.74) is 2.81. The lowest BCUT2D eigenvalue weighted by Gasteiger charge is -2.18. The van der Waals surface area contributed by atoms with E-state index in [0.717, 1.165) is 12.1 Å². The number of hydrogen-bond donors (Lipinski definition) is 2. The first-order valence-electron chi connectivity index (χ1n) is 5.39. The van der Waals surface area contributed by atoms with Crippen molar-refractivity contribution in [2.75, 3.05) is 0 Å². The van der Waals surface area contributed by atoms with Crippen LogP contribution in [0.25, 0.3) is 0 Å². The van der Waals surface area contributed by atoms with Gasteiger partial charge in [0, 0.05) is 5.56 Å². The van der Waals surface area contributed by atoms with E-state index < -0.39 is 23.5 Å². The molecule has 0 amide bonds. The average Bonchev–Trinajstić information content (AvgIpc) is 2.39. The molecule has 0 aromatic heterocycles. The number of hydrogen-bond acceptors (Lipinski definition) is 2. The van der Waals surface area contributed by atoms with E-state index in [2.05, 4.69) is 5.43 Å². The fraction of sp³-hybridized carbons (Fsp3) is 0.0769. The highest BCUT2D eigenvalue weighted by atomic mass is 35.5. The van der Waals surface area contributed by atoms with Crippen LogP contribution >= 0.6 is 11.6 Å². The second-order valence-corrected chi connectivity index (χ2v) is 4.32. The van der Waals surface area contributed by atoms with Crippen LogP contribution in [-0.2, 0) is 0 Å². The first kappa shape index (κ1) is 13.9. The maximum atomic E-state index is 13.9. The summed E-state index contributed by atoms with van der Waals surface area (Å²) in [5, 5.41) is -0.0691. The number of benzene rings is 2. The first-order chi connectivity index (χ1) is 9.04. The molecule has 2 aromatic rings. The topological polar surface area (TPSA) is 38.0 Å². The molecule has 0 aliphatic rings. The van der Waals surface area contributed by atoms with Crippen LogP contribution in [-0.4, -0.2) is 0 Å². The Morgan fingerprint density at radius 2 is 1.79 bits per heavy atom. The van der Waals surface area contributed by atoms with Crippen LogP contribution in [0.15, 0.2) is 36.4 Å². The van der Waals surface area contributed by atoms with Crippen molar-refractivity contribution in [1.82, 2.24) is 5.43 Å². The molecule has 0 fully saturated rings. The second-order valence-electron chi connectivity index (χ2n) is 3.92. The predicted octanol–water partition coefficient (Wildman–Crippen LogP) is 3.31. The second kappa shape index (κ2) is 5.61. The van der Waals surface area contributed by atoms with Gasteiger partial charge >= 0.3 is 0 Å². The van der Waals surface area contributed by atoms with Crippen molar-refractivity contribution in [3.63, 3.8) is 0 Å². The van der Waals surface area contributed by atoms with Crippen LogP contribution in [0.2, 0.25) is 5.02 Å². The number of nitrogens with two attached hydrogens (primary N) is 1. The monoisotopic (exact) mass is 286 g/mol. The van der Waals surface area contributed by atoms with Crippen LogP contribution in [0, 0.1) is 17.5 Å². The Hall–Kier alpha value is -1.56. The van der Waals surface area contributed by atoms with Gasteiger partial charge in [0.15, 0.2) is 11.6 Å². The molecule has 0 spiro atoms. The predicted molar refractivity (Wildman–Crippen MR) is 66.9 cm³/mol. The summed E-state index contributed by atoms with van der Waals surface area (Å²) in [6.45, 7) is 0. The van der Waals surface area contributed by atoms with Gasteiger partial charge in [-0.25, -0.2) is 18.6 Å². The molecule has 19 heavy (non-hydrogen) atoms. The molecule has 0 radical (unpaired) electrons. The maximum Gasteiger partial charge on any atom is 0.159 e. The van der Waals surface area contributed by atoms with Crippen LogP contribution in [0.3, 0.4) is 0 Å². The first-order valence-corrected chi connectivity index (χ1v) is 5.77. The molecule has 3 N–H and O–H groups in total. The Labute approximate surface area is 113 Å². The fourth-order valence-electron chi connectivity index (χ4n) is 1.80. The van der Waals surface area contributed by atoms with E-state index in [-0.39, 0.29) is 10.6 Å².